The van der Waals surface area contributed by atoms with Gasteiger partial charge in [0.25, 0.3) is 0 Å². The van der Waals surface area contributed by atoms with E-state index in [2.05, 4.69) is 25.9 Å². The molecule has 22 heavy (non-hydrogen) atoms. The Labute approximate surface area is 130 Å². The van der Waals surface area contributed by atoms with E-state index in [1.54, 1.807) is 6.33 Å². The van der Waals surface area contributed by atoms with Crippen LogP contribution in [0.2, 0.25) is 0 Å². The van der Waals surface area contributed by atoms with Crippen molar-refractivity contribution in [1.82, 2.24) is 15.0 Å². The summed E-state index contributed by atoms with van der Waals surface area (Å²) >= 11 is 0. The number of nitrogens with zero attached hydrogens (tertiary/aromatic N) is 3. The minimum Gasteiger partial charge on any atom is -0.381 e. The first kappa shape index (κ1) is 12.9. The van der Waals surface area contributed by atoms with Crippen molar-refractivity contribution >= 4 is 16.9 Å². The van der Waals surface area contributed by atoms with E-state index in [0.29, 0.717) is 11.5 Å². The van der Waals surface area contributed by atoms with Crippen LogP contribution in [0.5, 0.6) is 0 Å². The lowest BCUT2D eigenvalue weighted by Gasteiger charge is -2.37. The van der Waals surface area contributed by atoms with Gasteiger partial charge in [0.05, 0.1) is 5.39 Å². The molecule has 4 heterocycles. The number of ether oxygens (including phenoxy) is 1. The third kappa shape index (κ3) is 1.69. The van der Waals surface area contributed by atoms with E-state index >= 15 is 0 Å². The van der Waals surface area contributed by atoms with Gasteiger partial charge in [-0.3, -0.25) is 0 Å². The molecule has 116 valence electrons. The summed E-state index contributed by atoms with van der Waals surface area (Å²) in [5.74, 6) is 1.95. The maximum absolute atomic E-state index is 5.65. The molecule has 1 saturated carbocycles. The van der Waals surface area contributed by atoms with Crippen LogP contribution in [0, 0.1) is 11.3 Å². The second-order valence-electron chi connectivity index (χ2n) is 7.14. The smallest absolute Gasteiger partial charge is 0.142 e. The summed E-state index contributed by atoms with van der Waals surface area (Å²) in [6, 6.07) is 2.77. The summed E-state index contributed by atoms with van der Waals surface area (Å²) in [4.78, 5) is 14.8. The fraction of sp³-hybridized carbons (Fsp3) is 0.647. The van der Waals surface area contributed by atoms with Crippen molar-refractivity contribution in [1.29, 1.82) is 0 Å². The van der Waals surface area contributed by atoms with Gasteiger partial charge in [-0.05, 0) is 43.1 Å². The monoisotopic (exact) mass is 298 g/mol. The van der Waals surface area contributed by atoms with E-state index in [0.717, 1.165) is 42.5 Å². The van der Waals surface area contributed by atoms with Gasteiger partial charge in [0.15, 0.2) is 0 Å². The molecule has 3 aliphatic rings. The second-order valence-corrected chi connectivity index (χ2v) is 7.14. The number of anilines is 1. The molecule has 5 nitrogen and oxygen atoms in total. The Balaban J connectivity index is 1.59. The minimum atomic E-state index is 0.451. The number of hydrogen-bond acceptors (Lipinski definition) is 4. The molecule has 2 aromatic heterocycles. The largest absolute Gasteiger partial charge is 0.381 e. The van der Waals surface area contributed by atoms with Gasteiger partial charge in [-0.1, -0.05) is 6.42 Å². The number of aromatic nitrogens is 3. The molecule has 0 aromatic carbocycles. The van der Waals surface area contributed by atoms with E-state index < -0.39 is 0 Å². The SMILES string of the molecule is c1nc(N2CC3(CCOCC3)[C@H]3CCC[C@H]32)c2cc[nH]c2n1. The molecule has 0 radical (unpaired) electrons. The summed E-state index contributed by atoms with van der Waals surface area (Å²) < 4.78 is 5.65. The van der Waals surface area contributed by atoms with Crippen LogP contribution in [0.4, 0.5) is 5.82 Å². The molecule has 2 aromatic rings. The molecule has 2 atom stereocenters. The summed E-state index contributed by atoms with van der Waals surface area (Å²) in [5.41, 5.74) is 1.40. The van der Waals surface area contributed by atoms with Crippen LogP contribution < -0.4 is 4.90 Å². The predicted octanol–water partition coefficient (Wildman–Crippen LogP) is 2.74. The topological polar surface area (TPSA) is 54.0 Å². The first-order valence-corrected chi connectivity index (χ1v) is 8.50. The average Bonchev–Trinajstić information content (AvgIpc) is 3.26. The van der Waals surface area contributed by atoms with E-state index in [1.807, 2.05) is 6.20 Å². The number of rotatable bonds is 1. The number of H-pyrrole nitrogens is 1. The summed E-state index contributed by atoms with van der Waals surface area (Å²) in [5, 5.41) is 1.16. The van der Waals surface area contributed by atoms with Gasteiger partial charge < -0.3 is 14.6 Å². The molecule has 1 N–H and O–H groups in total. The summed E-state index contributed by atoms with van der Waals surface area (Å²) in [6.07, 6.45) is 10.1. The van der Waals surface area contributed by atoms with Gasteiger partial charge in [0.2, 0.25) is 0 Å². The van der Waals surface area contributed by atoms with Crippen molar-refractivity contribution in [3.63, 3.8) is 0 Å². The first-order valence-electron chi connectivity index (χ1n) is 8.50. The average molecular weight is 298 g/mol. The van der Waals surface area contributed by atoms with Crippen molar-refractivity contribution in [2.45, 2.75) is 38.1 Å². The number of hydrogen-bond donors (Lipinski definition) is 1. The van der Waals surface area contributed by atoms with Crippen LogP contribution in [0.15, 0.2) is 18.6 Å². The third-order valence-electron chi connectivity index (χ3n) is 6.25. The van der Waals surface area contributed by atoms with E-state index in [-0.39, 0.29) is 0 Å². The lowest BCUT2D eigenvalue weighted by molar-refractivity contribution is 0.00156. The molecular weight excluding hydrogens is 276 g/mol. The molecule has 1 spiro atoms. The lowest BCUT2D eigenvalue weighted by Crippen LogP contribution is -2.36. The first-order chi connectivity index (χ1) is 10.9. The fourth-order valence-electron chi connectivity index (χ4n) is 5.23. The zero-order chi connectivity index (χ0) is 14.6. The van der Waals surface area contributed by atoms with Crippen LogP contribution in [-0.2, 0) is 4.74 Å². The van der Waals surface area contributed by atoms with Crippen molar-refractivity contribution in [2.24, 2.45) is 11.3 Å². The number of fused-ring (bicyclic) bond motifs is 3. The highest BCUT2D eigenvalue weighted by Crippen LogP contribution is 2.54. The number of aromatic amines is 1. The van der Waals surface area contributed by atoms with Crippen molar-refractivity contribution < 1.29 is 4.74 Å². The maximum Gasteiger partial charge on any atom is 0.142 e. The molecule has 2 aliphatic heterocycles. The highest BCUT2D eigenvalue weighted by atomic mass is 16.5. The highest BCUT2D eigenvalue weighted by molar-refractivity contribution is 5.87. The van der Waals surface area contributed by atoms with Crippen LogP contribution in [0.3, 0.4) is 0 Å². The predicted molar refractivity (Wildman–Crippen MR) is 84.8 cm³/mol. The molecule has 0 amide bonds. The Kier molecular flexibility index (Phi) is 2.74. The van der Waals surface area contributed by atoms with Crippen molar-refractivity contribution in [3.05, 3.63) is 18.6 Å². The van der Waals surface area contributed by atoms with Crippen LogP contribution >= 0.6 is 0 Å². The van der Waals surface area contributed by atoms with Crippen LogP contribution in [0.25, 0.3) is 11.0 Å². The molecule has 5 rings (SSSR count). The van der Waals surface area contributed by atoms with Crippen LogP contribution in [0.1, 0.15) is 32.1 Å². The highest BCUT2D eigenvalue weighted by Gasteiger charge is 2.54. The van der Waals surface area contributed by atoms with Gasteiger partial charge in [0, 0.05) is 32.0 Å². The Morgan fingerprint density at radius 2 is 2.14 bits per heavy atom. The van der Waals surface area contributed by atoms with Gasteiger partial charge in [-0.2, -0.15) is 0 Å². The number of nitrogens with one attached hydrogen (secondary N) is 1. The fourth-order valence-corrected chi connectivity index (χ4v) is 5.23. The van der Waals surface area contributed by atoms with E-state index in [9.17, 15) is 0 Å². The molecule has 0 bridgehead atoms. The Bertz CT molecular complexity index is 691. The van der Waals surface area contributed by atoms with Crippen LogP contribution in [-0.4, -0.2) is 40.8 Å². The van der Waals surface area contributed by atoms with Crippen molar-refractivity contribution in [3.8, 4) is 0 Å². The van der Waals surface area contributed by atoms with Gasteiger partial charge in [-0.25, -0.2) is 9.97 Å². The zero-order valence-electron chi connectivity index (χ0n) is 12.8. The third-order valence-corrected chi connectivity index (χ3v) is 6.25. The van der Waals surface area contributed by atoms with Crippen molar-refractivity contribution in [2.75, 3.05) is 24.7 Å². The Hall–Kier alpha value is -1.62. The standard InChI is InChI=1S/C17H22N4O/c1-2-13-14(3-1)21(10-17(13)5-8-22-9-6-17)16-12-4-7-18-15(12)19-11-20-16/h4,7,11,13-14H,1-3,5-6,8-10H2,(H,18,19,20)/t13-,14+/m0/s1. The normalized spacial score (nSPS) is 30.3. The van der Waals surface area contributed by atoms with E-state index in [4.69, 9.17) is 4.74 Å². The molecule has 2 saturated heterocycles. The molecule has 0 unspecified atom stereocenters. The Morgan fingerprint density at radius 3 is 3.05 bits per heavy atom. The van der Waals surface area contributed by atoms with Gasteiger partial charge in [-0.15, -0.1) is 0 Å². The Morgan fingerprint density at radius 1 is 1.23 bits per heavy atom. The molecular formula is C17H22N4O. The molecule has 1 aliphatic carbocycles. The minimum absolute atomic E-state index is 0.451. The summed E-state index contributed by atoms with van der Waals surface area (Å²) in [6.45, 7) is 3.00. The quantitative estimate of drug-likeness (QED) is 0.879. The lowest BCUT2D eigenvalue weighted by atomic mass is 9.71. The zero-order valence-corrected chi connectivity index (χ0v) is 12.8. The molecule has 3 fully saturated rings. The summed E-state index contributed by atoms with van der Waals surface area (Å²) in [7, 11) is 0. The molecule has 5 heteroatoms. The van der Waals surface area contributed by atoms with Gasteiger partial charge >= 0.3 is 0 Å². The second kappa shape index (κ2) is 4.69. The van der Waals surface area contributed by atoms with E-state index in [1.165, 1.54) is 32.1 Å². The van der Waals surface area contributed by atoms with Gasteiger partial charge in [0.1, 0.15) is 17.8 Å². The maximum atomic E-state index is 5.65.